The van der Waals surface area contributed by atoms with Gasteiger partial charge in [0, 0.05) is 36.5 Å². The summed E-state index contributed by atoms with van der Waals surface area (Å²) in [7, 11) is 0. The van der Waals surface area contributed by atoms with E-state index in [2.05, 4.69) is 20.5 Å². The van der Waals surface area contributed by atoms with Crippen molar-refractivity contribution in [2.45, 2.75) is 38.3 Å². The SMILES string of the molecule is O=C(O)Nc1cc(Oc2ccc3c(c2)CC(C(=O)Nc2cc(OCCN4CCCC4)cc(C(F)(F)F)c2)CC3)ccn1. The van der Waals surface area contributed by atoms with Crippen LogP contribution in [0.5, 0.6) is 17.2 Å². The number of benzene rings is 2. The van der Waals surface area contributed by atoms with Crippen LogP contribution in [0.4, 0.5) is 29.5 Å². The molecule has 2 amide bonds. The summed E-state index contributed by atoms with van der Waals surface area (Å²) in [4.78, 5) is 30.2. The van der Waals surface area contributed by atoms with Gasteiger partial charge in [0.05, 0.1) is 5.56 Å². The van der Waals surface area contributed by atoms with Crippen LogP contribution in [0.2, 0.25) is 0 Å². The molecule has 5 rings (SSSR count). The lowest BCUT2D eigenvalue weighted by Crippen LogP contribution is -2.28. The maximum atomic E-state index is 13.6. The zero-order valence-electron chi connectivity index (χ0n) is 22.7. The Hall–Kier alpha value is -4.32. The van der Waals surface area contributed by atoms with E-state index in [1.165, 1.54) is 18.3 Å². The Balaban J connectivity index is 1.25. The van der Waals surface area contributed by atoms with Crippen molar-refractivity contribution in [2.75, 3.05) is 36.9 Å². The van der Waals surface area contributed by atoms with Gasteiger partial charge >= 0.3 is 12.3 Å². The van der Waals surface area contributed by atoms with Gasteiger partial charge in [-0.2, -0.15) is 13.2 Å². The van der Waals surface area contributed by atoms with E-state index in [0.29, 0.717) is 37.3 Å². The van der Waals surface area contributed by atoms with Crippen molar-refractivity contribution >= 4 is 23.5 Å². The number of ether oxygens (including phenoxy) is 2. The molecule has 2 aliphatic rings. The van der Waals surface area contributed by atoms with E-state index in [0.717, 1.165) is 49.2 Å². The smallest absolute Gasteiger partial charge is 0.416 e. The highest BCUT2D eigenvalue weighted by Crippen LogP contribution is 2.35. The summed E-state index contributed by atoms with van der Waals surface area (Å²) in [5, 5.41) is 13.7. The maximum absolute atomic E-state index is 13.6. The number of anilines is 2. The second kappa shape index (κ2) is 12.7. The number of fused-ring (bicyclic) bond motifs is 1. The third kappa shape index (κ3) is 7.69. The zero-order chi connectivity index (χ0) is 29.7. The molecule has 1 fully saturated rings. The number of hydrogen-bond acceptors (Lipinski definition) is 6. The minimum absolute atomic E-state index is 0.0392. The third-order valence-corrected chi connectivity index (χ3v) is 7.36. The second-order valence-corrected chi connectivity index (χ2v) is 10.4. The van der Waals surface area contributed by atoms with E-state index in [1.54, 1.807) is 12.1 Å². The highest BCUT2D eigenvalue weighted by molar-refractivity contribution is 5.93. The summed E-state index contributed by atoms with van der Waals surface area (Å²) in [6, 6.07) is 11.9. The van der Waals surface area contributed by atoms with Gasteiger partial charge in [-0.1, -0.05) is 6.07 Å². The van der Waals surface area contributed by atoms with Gasteiger partial charge in [0.15, 0.2) is 0 Å². The topological polar surface area (TPSA) is 113 Å². The highest BCUT2D eigenvalue weighted by atomic mass is 19.4. The summed E-state index contributed by atoms with van der Waals surface area (Å²) in [5.41, 5.74) is 1.11. The molecule has 2 aromatic carbocycles. The molecule has 1 aromatic heterocycles. The molecule has 0 spiro atoms. The zero-order valence-corrected chi connectivity index (χ0v) is 22.7. The van der Waals surface area contributed by atoms with Gasteiger partial charge < -0.3 is 19.9 Å². The van der Waals surface area contributed by atoms with Crippen LogP contribution in [0, 0.1) is 5.92 Å². The number of hydrogen-bond donors (Lipinski definition) is 3. The quantitative estimate of drug-likeness (QED) is 0.275. The monoisotopic (exact) mass is 584 g/mol. The number of carbonyl (C=O) groups excluding carboxylic acids is 1. The first-order valence-electron chi connectivity index (χ1n) is 13.8. The van der Waals surface area contributed by atoms with Crippen LogP contribution in [0.3, 0.4) is 0 Å². The number of nitrogens with one attached hydrogen (secondary N) is 2. The average Bonchev–Trinajstić information content (AvgIpc) is 3.45. The number of aromatic nitrogens is 1. The molecule has 1 unspecified atom stereocenters. The number of likely N-dealkylation sites (tertiary alicyclic amines) is 1. The number of nitrogens with zero attached hydrogens (tertiary/aromatic N) is 2. The van der Waals surface area contributed by atoms with E-state index in [1.807, 2.05) is 12.1 Å². The molecule has 9 nitrogen and oxygen atoms in total. The van der Waals surface area contributed by atoms with E-state index < -0.39 is 23.8 Å². The minimum Gasteiger partial charge on any atom is -0.492 e. The maximum Gasteiger partial charge on any atom is 0.416 e. The van der Waals surface area contributed by atoms with Crippen LogP contribution in [0.25, 0.3) is 0 Å². The van der Waals surface area contributed by atoms with Gasteiger partial charge in [-0.3, -0.25) is 15.0 Å². The Bertz CT molecular complexity index is 1440. The van der Waals surface area contributed by atoms with Crippen LogP contribution < -0.4 is 20.1 Å². The number of rotatable bonds is 9. The predicted octanol–water partition coefficient (Wildman–Crippen LogP) is 6.20. The number of carboxylic acid groups (broad SMARTS) is 1. The van der Waals surface area contributed by atoms with Crippen LogP contribution in [-0.4, -0.2) is 53.2 Å². The van der Waals surface area contributed by atoms with Crippen LogP contribution in [0.15, 0.2) is 54.7 Å². The van der Waals surface area contributed by atoms with Crippen LogP contribution in [0.1, 0.15) is 36.0 Å². The molecule has 42 heavy (non-hydrogen) atoms. The fourth-order valence-corrected chi connectivity index (χ4v) is 5.27. The van der Waals surface area contributed by atoms with Crippen LogP contribution in [-0.2, 0) is 23.8 Å². The highest BCUT2D eigenvalue weighted by Gasteiger charge is 2.32. The summed E-state index contributed by atoms with van der Waals surface area (Å²) >= 11 is 0. The van der Waals surface area contributed by atoms with Gasteiger partial charge in [0.25, 0.3) is 0 Å². The van der Waals surface area contributed by atoms with E-state index in [9.17, 15) is 22.8 Å². The first-order chi connectivity index (χ1) is 20.1. The van der Waals surface area contributed by atoms with Gasteiger partial charge in [-0.25, -0.2) is 9.78 Å². The lowest BCUT2D eigenvalue weighted by atomic mass is 9.83. The fourth-order valence-electron chi connectivity index (χ4n) is 5.27. The number of alkyl halides is 3. The number of carbonyl (C=O) groups is 2. The summed E-state index contributed by atoms with van der Waals surface area (Å²) < 4.78 is 52.4. The Morgan fingerprint density at radius 2 is 1.76 bits per heavy atom. The average molecular weight is 585 g/mol. The second-order valence-electron chi connectivity index (χ2n) is 10.4. The molecular weight excluding hydrogens is 553 g/mol. The molecule has 12 heteroatoms. The standard InChI is InChI=1S/C30H31F3N4O5/c31-30(32,33)22-15-23(17-26(16-22)41-12-11-37-9-1-2-10-37)35-28(38)20-4-3-19-5-6-24(14-21(19)13-20)42-25-7-8-34-27(18-25)36-29(39)40/h5-8,14-18,20H,1-4,9-13H2,(H,34,36)(H,35,38)(H,39,40). The van der Waals surface area contributed by atoms with Gasteiger partial charge in [-0.05, 0) is 86.7 Å². The van der Waals surface area contributed by atoms with Crippen molar-refractivity contribution in [1.29, 1.82) is 0 Å². The number of aryl methyl sites for hydroxylation is 1. The molecule has 1 saturated heterocycles. The molecule has 1 aliphatic heterocycles. The fraction of sp³-hybridized carbons (Fsp3) is 0.367. The molecule has 3 N–H and O–H groups in total. The van der Waals surface area contributed by atoms with Crippen molar-refractivity contribution in [3.05, 3.63) is 71.4 Å². The lowest BCUT2D eigenvalue weighted by Gasteiger charge is -2.25. The summed E-state index contributed by atoms with van der Waals surface area (Å²) in [6.07, 6.45) is -0.642. The van der Waals surface area contributed by atoms with Crippen molar-refractivity contribution < 1.29 is 37.3 Å². The van der Waals surface area contributed by atoms with E-state index >= 15 is 0 Å². The van der Waals surface area contributed by atoms with Crippen molar-refractivity contribution in [3.8, 4) is 17.2 Å². The van der Waals surface area contributed by atoms with Gasteiger partial charge in [0.1, 0.15) is 29.7 Å². The first kappa shape index (κ1) is 29.2. The van der Waals surface area contributed by atoms with Crippen molar-refractivity contribution in [3.63, 3.8) is 0 Å². The Morgan fingerprint density at radius 1 is 0.976 bits per heavy atom. The number of halogens is 3. The molecule has 1 aliphatic carbocycles. The van der Waals surface area contributed by atoms with Gasteiger partial charge in [0.2, 0.25) is 5.91 Å². The van der Waals surface area contributed by atoms with E-state index in [-0.39, 0.29) is 29.8 Å². The molecule has 1 atom stereocenters. The Kier molecular flexibility index (Phi) is 8.81. The molecule has 222 valence electrons. The number of pyridine rings is 1. The van der Waals surface area contributed by atoms with Crippen molar-refractivity contribution in [2.24, 2.45) is 5.92 Å². The van der Waals surface area contributed by atoms with Crippen molar-refractivity contribution in [1.82, 2.24) is 9.88 Å². The largest absolute Gasteiger partial charge is 0.492 e. The van der Waals surface area contributed by atoms with E-state index in [4.69, 9.17) is 14.6 Å². The first-order valence-corrected chi connectivity index (χ1v) is 13.8. The summed E-state index contributed by atoms with van der Waals surface area (Å²) in [6.45, 7) is 2.81. The van der Waals surface area contributed by atoms with Gasteiger partial charge in [-0.15, -0.1) is 0 Å². The normalized spacial score (nSPS) is 16.9. The molecule has 0 radical (unpaired) electrons. The Labute approximate surface area is 240 Å². The molecule has 3 aromatic rings. The third-order valence-electron chi connectivity index (χ3n) is 7.36. The number of amides is 2. The molecular formula is C30H31F3N4O5. The lowest BCUT2D eigenvalue weighted by molar-refractivity contribution is -0.137. The summed E-state index contributed by atoms with van der Waals surface area (Å²) in [5.74, 6) is 0.233. The molecule has 2 heterocycles. The molecule has 0 saturated carbocycles. The Morgan fingerprint density at radius 3 is 2.52 bits per heavy atom. The molecule has 0 bridgehead atoms. The predicted molar refractivity (Wildman–Crippen MR) is 149 cm³/mol. The minimum atomic E-state index is -4.59. The van der Waals surface area contributed by atoms with Crippen LogP contribution >= 0.6 is 0 Å².